The van der Waals surface area contributed by atoms with Gasteiger partial charge in [0.25, 0.3) is 0 Å². The predicted octanol–water partition coefficient (Wildman–Crippen LogP) is 3.35. The predicted molar refractivity (Wildman–Crippen MR) is 104 cm³/mol. The molecule has 0 aromatic heterocycles. The van der Waals surface area contributed by atoms with Gasteiger partial charge in [0.15, 0.2) is 5.96 Å². The third kappa shape index (κ3) is 9.45. The first-order valence-corrected chi connectivity index (χ1v) is 10.6. The second kappa shape index (κ2) is 13.4. The van der Waals surface area contributed by atoms with E-state index in [4.69, 9.17) is 9.47 Å². The molecule has 1 aliphatic heterocycles. The molecule has 0 atom stereocenters. The molecule has 2 rings (SSSR count). The summed E-state index contributed by atoms with van der Waals surface area (Å²) in [5.74, 6) is 2.63. The lowest BCUT2D eigenvalue weighted by molar-refractivity contribution is 0.0205. The van der Waals surface area contributed by atoms with E-state index in [2.05, 4.69) is 22.5 Å². The molecule has 2 aliphatic rings. The van der Waals surface area contributed by atoms with Gasteiger partial charge in [-0.15, -0.1) is 0 Å². The Kier molecular flexibility index (Phi) is 11.0. The van der Waals surface area contributed by atoms with E-state index in [9.17, 15) is 0 Å². The maximum Gasteiger partial charge on any atom is 0.191 e. The van der Waals surface area contributed by atoms with E-state index in [1.807, 2.05) is 0 Å². The zero-order chi connectivity index (χ0) is 17.6. The van der Waals surface area contributed by atoms with Crippen molar-refractivity contribution < 1.29 is 9.47 Å². The van der Waals surface area contributed by atoms with Gasteiger partial charge in [-0.3, -0.25) is 4.99 Å². The van der Waals surface area contributed by atoms with Gasteiger partial charge in [-0.05, 0) is 50.9 Å². The van der Waals surface area contributed by atoms with E-state index < -0.39 is 0 Å². The van der Waals surface area contributed by atoms with E-state index >= 15 is 0 Å². The zero-order valence-electron chi connectivity index (χ0n) is 16.2. The largest absolute Gasteiger partial charge is 0.381 e. The van der Waals surface area contributed by atoms with Crippen LogP contribution in [0.15, 0.2) is 4.99 Å². The maximum absolute atomic E-state index is 5.80. The van der Waals surface area contributed by atoms with Gasteiger partial charge in [0, 0.05) is 46.1 Å². The Hall–Kier alpha value is -0.810. The Morgan fingerprint density at radius 1 is 1.04 bits per heavy atom. The average Bonchev–Trinajstić information content (AvgIpc) is 3.16. The van der Waals surface area contributed by atoms with E-state index in [1.54, 1.807) is 0 Å². The molecular formula is C20H39N3O2. The first kappa shape index (κ1) is 20.5. The molecule has 2 N–H and O–H groups in total. The second-order valence-corrected chi connectivity index (χ2v) is 7.46. The fourth-order valence-electron chi connectivity index (χ4n) is 3.76. The summed E-state index contributed by atoms with van der Waals surface area (Å²) in [5.41, 5.74) is 0. The molecule has 1 heterocycles. The molecular weight excluding hydrogens is 314 g/mol. The summed E-state index contributed by atoms with van der Waals surface area (Å²) in [6.07, 6.45) is 11.7. The highest BCUT2D eigenvalue weighted by atomic mass is 16.5. The zero-order valence-corrected chi connectivity index (χ0v) is 16.2. The van der Waals surface area contributed by atoms with Gasteiger partial charge in [0.05, 0.1) is 0 Å². The van der Waals surface area contributed by atoms with E-state index in [1.165, 1.54) is 38.5 Å². The molecule has 146 valence electrons. The van der Waals surface area contributed by atoms with Crippen molar-refractivity contribution in [2.45, 2.75) is 64.7 Å². The van der Waals surface area contributed by atoms with E-state index in [0.29, 0.717) is 5.92 Å². The molecule has 0 radical (unpaired) electrons. The van der Waals surface area contributed by atoms with Crippen LogP contribution in [0.1, 0.15) is 64.7 Å². The second-order valence-electron chi connectivity index (χ2n) is 7.46. The maximum atomic E-state index is 5.80. The van der Waals surface area contributed by atoms with Crippen LogP contribution in [0, 0.1) is 11.8 Å². The lowest BCUT2D eigenvalue weighted by Gasteiger charge is -2.21. The molecule has 0 bridgehead atoms. The summed E-state index contributed by atoms with van der Waals surface area (Å²) in [6.45, 7) is 8.37. The molecule has 2 fully saturated rings. The van der Waals surface area contributed by atoms with Gasteiger partial charge in [-0.25, -0.2) is 0 Å². The topological polar surface area (TPSA) is 54.9 Å². The number of ether oxygens (including phenoxy) is 2. The quantitative estimate of drug-likeness (QED) is 0.340. The van der Waals surface area contributed by atoms with Crippen molar-refractivity contribution in [3.05, 3.63) is 0 Å². The third-order valence-electron chi connectivity index (χ3n) is 5.31. The minimum absolute atomic E-state index is 0.691. The Labute approximate surface area is 154 Å². The number of rotatable bonds is 11. The van der Waals surface area contributed by atoms with Crippen LogP contribution in [0.5, 0.6) is 0 Å². The first-order valence-electron chi connectivity index (χ1n) is 10.6. The molecule has 1 saturated carbocycles. The summed E-state index contributed by atoms with van der Waals surface area (Å²) in [4.78, 5) is 4.66. The highest BCUT2D eigenvalue weighted by Gasteiger charge is 2.14. The molecule has 5 heteroatoms. The summed E-state index contributed by atoms with van der Waals surface area (Å²) >= 11 is 0. The lowest BCUT2D eigenvalue weighted by atomic mass is 10.0. The van der Waals surface area contributed by atoms with Crippen LogP contribution in [-0.4, -0.2) is 52.0 Å². The van der Waals surface area contributed by atoms with Gasteiger partial charge >= 0.3 is 0 Å². The minimum atomic E-state index is 0.691. The van der Waals surface area contributed by atoms with Crippen molar-refractivity contribution in [1.82, 2.24) is 10.6 Å². The molecule has 1 aliphatic carbocycles. The average molecular weight is 354 g/mol. The van der Waals surface area contributed by atoms with Crippen LogP contribution in [0.25, 0.3) is 0 Å². The highest BCUT2D eigenvalue weighted by molar-refractivity contribution is 5.79. The summed E-state index contributed by atoms with van der Waals surface area (Å²) < 4.78 is 11.2. The number of aliphatic imine (C=N–C) groups is 1. The van der Waals surface area contributed by atoms with Gasteiger partial charge < -0.3 is 20.1 Å². The first-order chi connectivity index (χ1) is 12.4. The minimum Gasteiger partial charge on any atom is -0.381 e. The van der Waals surface area contributed by atoms with Crippen molar-refractivity contribution in [2.75, 3.05) is 46.1 Å². The Balaban J connectivity index is 1.49. The molecule has 0 spiro atoms. The highest BCUT2D eigenvalue weighted by Crippen LogP contribution is 2.28. The number of nitrogens with zero attached hydrogens (tertiary/aromatic N) is 1. The normalized spacial score (nSPS) is 20.1. The number of hydrogen-bond donors (Lipinski definition) is 2. The number of nitrogens with one attached hydrogen (secondary N) is 2. The standard InChI is InChI=1S/C20H39N3O2/c1-2-21-20(22-12-5-9-18-7-3-4-8-18)23-13-6-14-25-17-19-10-15-24-16-11-19/h18-19H,2-17H2,1H3,(H2,21,22,23). The van der Waals surface area contributed by atoms with Crippen molar-refractivity contribution >= 4 is 5.96 Å². The summed E-state index contributed by atoms with van der Waals surface area (Å²) in [7, 11) is 0. The van der Waals surface area contributed by atoms with Crippen molar-refractivity contribution in [2.24, 2.45) is 16.8 Å². The Morgan fingerprint density at radius 3 is 2.60 bits per heavy atom. The lowest BCUT2D eigenvalue weighted by Crippen LogP contribution is -2.38. The van der Waals surface area contributed by atoms with E-state index in [-0.39, 0.29) is 0 Å². The number of hydrogen-bond acceptors (Lipinski definition) is 3. The van der Waals surface area contributed by atoms with Gasteiger partial charge in [0.1, 0.15) is 0 Å². The molecule has 0 aromatic carbocycles. The van der Waals surface area contributed by atoms with Gasteiger partial charge in [-0.1, -0.05) is 25.7 Å². The van der Waals surface area contributed by atoms with Crippen LogP contribution in [0.4, 0.5) is 0 Å². The van der Waals surface area contributed by atoms with Crippen LogP contribution in [-0.2, 0) is 9.47 Å². The van der Waals surface area contributed by atoms with Crippen LogP contribution in [0.2, 0.25) is 0 Å². The third-order valence-corrected chi connectivity index (χ3v) is 5.31. The monoisotopic (exact) mass is 353 g/mol. The van der Waals surface area contributed by atoms with Crippen LogP contribution >= 0.6 is 0 Å². The summed E-state index contributed by atoms with van der Waals surface area (Å²) in [6, 6.07) is 0. The van der Waals surface area contributed by atoms with Crippen LogP contribution < -0.4 is 10.6 Å². The molecule has 0 unspecified atom stereocenters. The van der Waals surface area contributed by atoms with Gasteiger partial charge in [-0.2, -0.15) is 0 Å². The van der Waals surface area contributed by atoms with Crippen molar-refractivity contribution in [1.29, 1.82) is 0 Å². The SMILES string of the molecule is CCNC(=NCCCOCC1CCOCC1)NCCCC1CCCC1. The van der Waals surface area contributed by atoms with Crippen molar-refractivity contribution in [3.8, 4) is 0 Å². The summed E-state index contributed by atoms with van der Waals surface area (Å²) in [5, 5.41) is 6.81. The molecule has 0 aromatic rings. The molecule has 5 nitrogen and oxygen atoms in total. The number of guanidine groups is 1. The van der Waals surface area contributed by atoms with Crippen LogP contribution in [0.3, 0.4) is 0 Å². The van der Waals surface area contributed by atoms with E-state index in [0.717, 1.165) is 77.2 Å². The van der Waals surface area contributed by atoms with Crippen molar-refractivity contribution in [3.63, 3.8) is 0 Å². The van der Waals surface area contributed by atoms with Gasteiger partial charge in [0.2, 0.25) is 0 Å². The molecule has 25 heavy (non-hydrogen) atoms. The smallest absolute Gasteiger partial charge is 0.191 e. The fourth-order valence-corrected chi connectivity index (χ4v) is 3.76. The molecule has 1 saturated heterocycles. The fraction of sp³-hybridized carbons (Fsp3) is 0.950. The Morgan fingerprint density at radius 2 is 1.84 bits per heavy atom. The molecule has 0 amide bonds. The Bertz CT molecular complexity index is 351.